The molecule has 2 heterocycles. The average Bonchev–Trinajstić information content (AvgIpc) is 2.97. The van der Waals surface area contributed by atoms with Gasteiger partial charge in [0.2, 0.25) is 0 Å². The quantitative estimate of drug-likeness (QED) is 0.622. The number of aromatic nitrogens is 3. The van der Waals surface area contributed by atoms with Gasteiger partial charge in [0, 0.05) is 25.7 Å². The van der Waals surface area contributed by atoms with Crippen LogP contribution in [0.5, 0.6) is 0 Å². The molecule has 1 aliphatic heterocycles. The molecule has 5 nitrogen and oxygen atoms in total. The Hall–Kier alpha value is -3.01. The van der Waals surface area contributed by atoms with Crippen molar-refractivity contribution in [1.29, 1.82) is 0 Å². The second kappa shape index (κ2) is 7.11. The van der Waals surface area contributed by atoms with Crippen LogP contribution in [0.25, 0.3) is 5.69 Å². The predicted molar refractivity (Wildman–Crippen MR) is 93.3 cm³/mol. The Morgan fingerprint density at radius 2 is 1.72 bits per heavy atom. The van der Waals surface area contributed by atoms with E-state index in [1.807, 2.05) is 4.90 Å². The van der Waals surface area contributed by atoms with E-state index in [1.165, 1.54) is 16.7 Å². The van der Waals surface area contributed by atoms with E-state index in [0.717, 1.165) is 28.9 Å². The molecule has 1 aromatic heterocycles. The Balaban J connectivity index is 1.54. The highest BCUT2D eigenvalue weighted by Crippen LogP contribution is 2.29. The van der Waals surface area contributed by atoms with Crippen LogP contribution in [0.3, 0.4) is 0 Å². The molecular weight excluding hydrogens is 395 g/mol. The maximum Gasteiger partial charge on any atom is 0.416 e. The Labute approximate surface area is 161 Å². The smallest absolute Gasteiger partial charge is 0.290 e. The highest BCUT2D eigenvalue weighted by molar-refractivity contribution is 5.32. The van der Waals surface area contributed by atoms with Gasteiger partial charge in [0.05, 0.1) is 12.1 Å². The van der Waals surface area contributed by atoms with Crippen molar-refractivity contribution in [1.82, 2.24) is 19.2 Å². The molecule has 0 N–H and O–H groups in total. The first-order valence-electron chi connectivity index (χ1n) is 8.75. The second-order valence-corrected chi connectivity index (χ2v) is 6.76. The van der Waals surface area contributed by atoms with Crippen LogP contribution in [0.2, 0.25) is 0 Å². The van der Waals surface area contributed by atoms with Gasteiger partial charge in [0.1, 0.15) is 17.3 Å². The van der Waals surface area contributed by atoms with Gasteiger partial charge in [-0.1, -0.05) is 12.1 Å². The summed E-state index contributed by atoms with van der Waals surface area (Å²) in [6, 6.07) is 7.75. The molecule has 0 aliphatic carbocycles. The molecular formula is C19H15F5N4O. The molecule has 0 bridgehead atoms. The molecule has 4 rings (SSSR count). The molecule has 0 radical (unpaired) electrons. The summed E-state index contributed by atoms with van der Waals surface area (Å²) in [6.07, 6.45) is -4.39. The third-order valence-corrected chi connectivity index (χ3v) is 4.77. The molecule has 10 heteroatoms. The van der Waals surface area contributed by atoms with E-state index in [4.69, 9.17) is 0 Å². The number of hydrogen-bond donors (Lipinski definition) is 0. The largest absolute Gasteiger partial charge is 0.416 e. The van der Waals surface area contributed by atoms with Crippen LogP contribution in [0, 0.1) is 11.6 Å². The monoisotopic (exact) mass is 410 g/mol. The number of benzene rings is 2. The van der Waals surface area contributed by atoms with Crippen LogP contribution in [0.1, 0.15) is 17.0 Å². The molecule has 0 amide bonds. The van der Waals surface area contributed by atoms with Crippen molar-refractivity contribution in [3.63, 3.8) is 0 Å². The topological polar surface area (TPSA) is 43.1 Å². The standard InChI is InChI=1S/C19H15F5N4O/c20-14-5-6-16(15(21)9-14)28-18(29)27-8-7-26(11-17(27)25-28)10-12-1-3-13(4-2-12)19(22,23)24/h1-6,9H,7-8,10-11H2. The number of hydrogen-bond acceptors (Lipinski definition) is 3. The van der Waals surface area contributed by atoms with E-state index in [-0.39, 0.29) is 12.2 Å². The first-order valence-corrected chi connectivity index (χ1v) is 8.75. The van der Waals surface area contributed by atoms with Gasteiger partial charge in [0.25, 0.3) is 0 Å². The summed E-state index contributed by atoms with van der Waals surface area (Å²) in [5, 5.41) is 4.16. The van der Waals surface area contributed by atoms with E-state index in [2.05, 4.69) is 5.10 Å². The molecule has 0 saturated carbocycles. The summed E-state index contributed by atoms with van der Waals surface area (Å²) in [5.74, 6) is -1.26. The fraction of sp³-hybridized carbons (Fsp3) is 0.263. The molecule has 3 aromatic rings. The second-order valence-electron chi connectivity index (χ2n) is 6.76. The van der Waals surface area contributed by atoms with E-state index >= 15 is 0 Å². The lowest BCUT2D eigenvalue weighted by atomic mass is 10.1. The Morgan fingerprint density at radius 1 is 1.00 bits per heavy atom. The first kappa shape index (κ1) is 19.3. The molecule has 0 fully saturated rings. The lowest BCUT2D eigenvalue weighted by Crippen LogP contribution is -2.37. The SMILES string of the molecule is O=c1n(-c2ccc(F)cc2F)nc2n1CCN(Cc1ccc(C(F)(F)F)cc1)C2. The van der Waals surface area contributed by atoms with Crippen molar-refractivity contribution in [2.45, 2.75) is 25.8 Å². The zero-order valence-electron chi connectivity index (χ0n) is 15.0. The highest BCUT2D eigenvalue weighted by Gasteiger charge is 2.30. The molecule has 0 unspecified atom stereocenters. The fourth-order valence-corrected chi connectivity index (χ4v) is 3.30. The van der Waals surface area contributed by atoms with Gasteiger partial charge in [-0.15, -0.1) is 5.10 Å². The van der Waals surface area contributed by atoms with E-state index in [0.29, 0.717) is 37.1 Å². The van der Waals surface area contributed by atoms with Gasteiger partial charge in [-0.3, -0.25) is 9.47 Å². The van der Waals surface area contributed by atoms with Crippen molar-refractivity contribution >= 4 is 0 Å². The van der Waals surface area contributed by atoms with Crippen LogP contribution in [0.4, 0.5) is 22.0 Å². The van der Waals surface area contributed by atoms with Gasteiger partial charge in [-0.25, -0.2) is 13.6 Å². The number of alkyl halides is 3. The number of fused-ring (bicyclic) bond motifs is 1. The van der Waals surface area contributed by atoms with Crippen LogP contribution in [-0.2, 0) is 25.8 Å². The maximum atomic E-state index is 14.0. The van der Waals surface area contributed by atoms with Crippen LogP contribution >= 0.6 is 0 Å². The van der Waals surface area contributed by atoms with Crippen molar-refractivity contribution in [2.75, 3.05) is 6.54 Å². The summed E-state index contributed by atoms with van der Waals surface area (Å²) in [5.41, 5.74) is -0.695. The molecule has 2 aromatic carbocycles. The zero-order chi connectivity index (χ0) is 20.8. The summed E-state index contributed by atoms with van der Waals surface area (Å²) >= 11 is 0. The summed E-state index contributed by atoms with van der Waals surface area (Å²) in [7, 11) is 0. The van der Waals surface area contributed by atoms with E-state index in [1.54, 1.807) is 0 Å². The van der Waals surface area contributed by atoms with Crippen molar-refractivity contribution in [3.05, 3.63) is 81.5 Å². The summed E-state index contributed by atoms with van der Waals surface area (Å²) in [6.45, 7) is 1.43. The number of nitrogens with zero attached hydrogens (tertiary/aromatic N) is 4. The third kappa shape index (κ3) is 3.80. The zero-order valence-corrected chi connectivity index (χ0v) is 15.0. The summed E-state index contributed by atoms with van der Waals surface area (Å²) < 4.78 is 67.5. The Kier molecular flexibility index (Phi) is 4.73. The van der Waals surface area contributed by atoms with Gasteiger partial charge in [-0.05, 0) is 29.8 Å². The third-order valence-electron chi connectivity index (χ3n) is 4.77. The number of rotatable bonds is 3. The molecule has 1 aliphatic rings. The summed E-state index contributed by atoms with van der Waals surface area (Å²) in [4.78, 5) is 14.5. The van der Waals surface area contributed by atoms with Crippen molar-refractivity contribution < 1.29 is 22.0 Å². The Bertz CT molecular complexity index is 1100. The molecule has 0 spiro atoms. The van der Waals surface area contributed by atoms with E-state index in [9.17, 15) is 26.7 Å². The number of halogens is 5. The molecule has 0 atom stereocenters. The van der Waals surface area contributed by atoms with Crippen molar-refractivity contribution in [2.24, 2.45) is 0 Å². The van der Waals surface area contributed by atoms with Crippen molar-refractivity contribution in [3.8, 4) is 5.69 Å². The van der Waals surface area contributed by atoms with Gasteiger partial charge < -0.3 is 0 Å². The molecule has 29 heavy (non-hydrogen) atoms. The van der Waals surface area contributed by atoms with Gasteiger partial charge in [0.15, 0.2) is 5.82 Å². The van der Waals surface area contributed by atoms with Crippen LogP contribution in [0.15, 0.2) is 47.3 Å². The lowest BCUT2D eigenvalue weighted by Gasteiger charge is -2.26. The Morgan fingerprint density at radius 3 is 2.38 bits per heavy atom. The minimum atomic E-state index is -4.39. The van der Waals surface area contributed by atoms with Crippen LogP contribution in [-0.4, -0.2) is 25.8 Å². The molecule has 152 valence electrons. The van der Waals surface area contributed by atoms with Gasteiger partial charge >= 0.3 is 11.9 Å². The average molecular weight is 410 g/mol. The van der Waals surface area contributed by atoms with E-state index < -0.39 is 29.1 Å². The molecule has 0 saturated heterocycles. The first-order chi connectivity index (χ1) is 13.7. The maximum absolute atomic E-state index is 14.0. The van der Waals surface area contributed by atoms with Gasteiger partial charge in [-0.2, -0.15) is 17.9 Å². The lowest BCUT2D eigenvalue weighted by molar-refractivity contribution is -0.137. The normalized spacial score (nSPS) is 14.8. The minimum Gasteiger partial charge on any atom is -0.290 e. The predicted octanol–water partition coefficient (Wildman–Crippen LogP) is 3.35. The fourth-order valence-electron chi connectivity index (χ4n) is 3.30. The minimum absolute atomic E-state index is 0.146. The highest BCUT2D eigenvalue weighted by atomic mass is 19.4. The van der Waals surface area contributed by atoms with Crippen LogP contribution < -0.4 is 5.69 Å².